The third kappa shape index (κ3) is 8.44. The van der Waals surface area contributed by atoms with Gasteiger partial charge in [-0.15, -0.1) is 0 Å². The summed E-state index contributed by atoms with van der Waals surface area (Å²) < 4.78 is 35.9. The summed E-state index contributed by atoms with van der Waals surface area (Å²) in [7, 11) is 3.31. The van der Waals surface area contributed by atoms with E-state index in [1.165, 1.54) is 6.92 Å². The number of hydrogen-bond donors (Lipinski definition) is 1. The number of amidine groups is 1. The zero-order valence-electron chi connectivity index (χ0n) is 31.4. The van der Waals surface area contributed by atoms with Crippen molar-refractivity contribution >= 4 is 48.4 Å². The van der Waals surface area contributed by atoms with Gasteiger partial charge in [0.25, 0.3) is 5.91 Å². The topological polar surface area (TPSA) is 140 Å². The van der Waals surface area contributed by atoms with Gasteiger partial charge in [0.15, 0.2) is 5.84 Å². The Morgan fingerprint density at radius 1 is 0.911 bits per heavy atom. The van der Waals surface area contributed by atoms with Crippen molar-refractivity contribution in [1.29, 1.82) is 0 Å². The standard InChI is InChI=1S/C43H43IN4O8/c1-28(49)14-23-38(50)56-35-24-37(48-27-46-39-40(48)44-26-45-41(39)47-42(51)29-10-6-4-7-11-29)55-36(35)25-54-43(30-12-8-5-9-13-30,31-15-19-33(52-2)20-16-31)32-17-21-34(53-3)22-18-32/h4-13,15-17,19-21,26-27,35-37H,14,18,22-25H2,1-3H3,(H,45,47,51)/t35?,36?,37-,43?/m1/s1. The van der Waals surface area contributed by atoms with E-state index in [-0.39, 0.29) is 31.1 Å². The molecule has 0 spiro atoms. The summed E-state index contributed by atoms with van der Waals surface area (Å²) in [6.45, 7) is 1.51. The summed E-state index contributed by atoms with van der Waals surface area (Å²) in [5.74, 6) is 1.09. The van der Waals surface area contributed by atoms with Crippen LogP contribution in [0.15, 0.2) is 120 Å². The van der Waals surface area contributed by atoms with Gasteiger partial charge in [0.1, 0.15) is 45.0 Å². The molecule has 3 heterocycles. The molecule has 1 aliphatic carbocycles. The normalized spacial score (nSPS) is 19.9. The third-order valence-corrected chi connectivity index (χ3v) is 12.2. The van der Waals surface area contributed by atoms with E-state index in [0.29, 0.717) is 42.1 Å². The molecule has 13 heteroatoms. The maximum atomic E-state index is 13.2. The van der Waals surface area contributed by atoms with E-state index in [1.54, 1.807) is 44.8 Å². The number of fused-ring (bicyclic) bond motifs is 1. The zero-order valence-corrected chi connectivity index (χ0v) is 33.5. The van der Waals surface area contributed by atoms with E-state index < -0.39 is 50.7 Å². The predicted molar refractivity (Wildman–Crippen MR) is 218 cm³/mol. The molecule has 3 aliphatic rings. The number of allylic oxidation sites excluding steroid dienone is 3. The summed E-state index contributed by atoms with van der Waals surface area (Å²) in [5, 5.41) is 2.91. The summed E-state index contributed by atoms with van der Waals surface area (Å²) in [5.41, 5.74) is 2.87. The average molecular weight is 871 g/mol. The van der Waals surface area contributed by atoms with Crippen LogP contribution in [0.1, 0.15) is 72.4 Å². The first kappa shape index (κ1) is 39.0. The molecule has 2 aliphatic heterocycles. The Bertz CT molecular complexity index is 2180. The molecule has 290 valence electrons. The Hall–Kier alpha value is -5.25. The molecule has 4 aromatic rings. The number of carbonyl (C=O) groups excluding carboxylic acids is 3. The minimum absolute atomic E-state index is 0.0349. The van der Waals surface area contributed by atoms with Gasteiger partial charge in [-0.25, -0.2) is 9.98 Å². The van der Waals surface area contributed by atoms with Crippen molar-refractivity contribution in [2.75, 3.05) is 20.8 Å². The van der Waals surface area contributed by atoms with E-state index in [4.69, 9.17) is 23.7 Å². The Morgan fingerprint density at radius 2 is 1.64 bits per heavy atom. The van der Waals surface area contributed by atoms with Gasteiger partial charge in [-0.1, -0.05) is 66.7 Å². The number of amides is 1. The molecule has 0 bridgehead atoms. The number of methoxy groups -OCH3 is 2. The molecule has 1 amide bonds. The zero-order chi connectivity index (χ0) is 39.1. The van der Waals surface area contributed by atoms with Crippen LogP contribution in [0.2, 0.25) is 0 Å². The van der Waals surface area contributed by atoms with E-state index >= 15 is 0 Å². The van der Waals surface area contributed by atoms with Gasteiger partial charge in [-0.3, -0.25) is 14.2 Å². The number of rotatable bonds is 14. The summed E-state index contributed by atoms with van der Waals surface area (Å²) in [4.78, 5) is 47.2. The van der Waals surface area contributed by atoms with E-state index in [1.807, 2.05) is 75.4 Å². The summed E-state index contributed by atoms with van der Waals surface area (Å²) in [6, 6.07) is 26.8. The van der Waals surface area contributed by atoms with Crippen molar-refractivity contribution in [3.63, 3.8) is 0 Å². The van der Waals surface area contributed by atoms with Crippen LogP contribution < -0.4 is 10.1 Å². The van der Waals surface area contributed by atoms with Crippen LogP contribution in [-0.2, 0) is 34.1 Å². The average Bonchev–Trinajstić information content (AvgIpc) is 3.86. The number of ketones is 1. The lowest BCUT2D eigenvalue weighted by Gasteiger charge is -2.39. The van der Waals surface area contributed by atoms with Crippen molar-refractivity contribution in [2.24, 2.45) is 4.99 Å². The number of aromatic nitrogens is 2. The first-order chi connectivity index (χ1) is 27.3. The second-order valence-corrected chi connectivity index (χ2v) is 15.7. The van der Waals surface area contributed by atoms with Crippen LogP contribution >= 0.6 is 20.7 Å². The van der Waals surface area contributed by atoms with Gasteiger partial charge < -0.3 is 33.8 Å². The van der Waals surface area contributed by atoms with Crippen LogP contribution in [-0.4, -0.2) is 70.2 Å². The molecule has 4 atom stereocenters. The highest BCUT2D eigenvalue weighted by Gasteiger charge is 2.45. The minimum Gasteiger partial charge on any atom is -0.501 e. The molecule has 1 fully saturated rings. The second-order valence-electron chi connectivity index (χ2n) is 13.5. The number of nitrogens with zero attached hydrogens (tertiary/aromatic N) is 3. The molecule has 1 saturated heterocycles. The Labute approximate surface area is 335 Å². The fraction of sp³-hybridized carbons (Fsp3) is 0.302. The Balaban J connectivity index is 1.21. The molecule has 0 saturated carbocycles. The van der Waals surface area contributed by atoms with E-state index in [9.17, 15) is 14.4 Å². The first-order valence-corrected chi connectivity index (χ1v) is 20.7. The van der Waals surface area contributed by atoms with Gasteiger partial charge in [-0.05, 0) is 81.1 Å². The van der Waals surface area contributed by atoms with Gasteiger partial charge in [0.05, 0.1) is 43.5 Å². The fourth-order valence-electron chi connectivity index (χ4n) is 7.09. The third-order valence-electron chi connectivity index (χ3n) is 9.98. The number of esters is 1. The lowest BCUT2D eigenvalue weighted by molar-refractivity contribution is -0.156. The lowest BCUT2D eigenvalue weighted by atomic mass is 9.76. The van der Waals surface area contributed by atoms with Gasteiger partial charge >= 0.3 is 5.97 Å². The SMILES string of the molecule is COC1=CC=C(C(OCC2O[C@@H](n3cnc4c3I=CN=C4NC(=O)c3ccccc3)CC2OC(=O)CCC(C)=O)(c2ccccc2)c2ccc(OC)cc2)CC1. The monoisotopic (exact) mass is 870 g/mol. The van der Waals surface area contributed by atoms with Crippen LogP contribution in [0.3, 0.4) is 0 Å². The van der Waals surface area contributed by atoms with Crippen LogP contribution in [0.25, 0.3) is 0 Å². The molecule has 1 aromatic heterocycles. The van der Waals surface area contributed by atoms with Gasteiger partial charge in [-0.2, -0.15) is 0 Å². The molecular formula is C43H43IN4O8. The highest BCUT2D eigenvalue weighted by atomic mass is 127. The van der Waals surface area contributed by atoms with Crippen molar-refractivity contribution in [3.05, 3.63) is 141 Å². The number of aliphatic imine (C=N–C) groups is 1. The number of benzene rings is 3. The molecule has 7 rings (SSSR count). The molecule has 1 N–H and O–H groups in total. The van der Waals surface area contributed by atoms with Crippen molar-refractivity contribution in [3.8, 4) is 5.75 Å². The highest BCUT2D eigenvalue weighted by molar-refractivity contribution is 14.2. The van der Waals surface area contributed by atoms with Crippen LogP contribution in [0, 0.1) is 3.70 Å². The van der Waals surface area contributed by atoms with E-state index in [2.05, 4.69) is 21.4 Å². The van der Waals surface area contributed by atoms with Crippen molar-refractivity contribution in [1.82, 2.24) is 14.9 Å². The van der Waals surface area contributed by atoms with E-state index in [0.717, 1.165) is 26.2 Å². The molecule has 0 radical (unpaired) electrons. The molecule has 3 aromatic carbocycles. The van der Waals surface area contributed by atoms with Gasteiger partial charge in [0, 0.05) is 24.8 Å². The Morgan fingerprint density at radius 3 is 2.32 bits per heavy atom. The van der Waals surface area contributed by atoms with Crippen LogP contribution in [0.5, 0.6) is 5.75 Å². The Kier molecular flexibility index (Phi) is 12.3. The molecule has 12 nitrogen and oxygen atoms in total. The van der Waals surface area contributed by atoms with Crippen molar-refractivity contribution < 1.29 is 38.1 Å². The number of imidazole rings is 1. The van der Waals surface area contributed by atoms with Crippen LogP contribution in [0.4, 0.5) is 0 Å². The number of hydrogen-bond acceptors (Lipinski definition) is 10. The number of halogens is 1. The van der Waals surface area contributed by atoms with Crippen molar-refractivity contribution in [2.45, 2.75) is 63.1 Å². The molecular weight excluding hydrogens is 827 g/mol. The largest absolute Gasteiger partial charge is 0.501 e. The smallest absolute Gasteiger partial charge is 0.306 e. The minimum atomic E-state index is -1.05. The quantitative estimate of drug-likeness (QED) is 0.108. The van der Waals surface area contributed by atoms with Gasteiger partial charge in [0.2, 0.25) is 0 Å². The molecule has 56 heavy (non-hydrogen) atoms. The maximum Gasteiger partial charge on any atom is 0.306 e. The second kappa shape index (κ2) is 17.7. The maximum absolute atomic E-state index is 13.2. The molecule has 3 unspecified atom stereocenters. The predicted octanol–water partition coefficient (Wildman–Crippen LogP) is 6.76. The number of ether oxygens (including phenoxy) is 5. The number of nitrogens with one attached hydrogen (secondary N) is 1. The first-order valence-electron chi connectivity index (χ1n) is 18.4. The summed E-state index contributed by atoms with van der Waals surface area (Å²) >= 11 is -0.737. The highest BCUT2D eigenvalue weighted by Crippen LogP contribution is 2.46. The number of carbonyl (C=O) groups is 3. The number of Topliss-reactive ketones (excluding diaryl/α,β-unsaturated/α-hetero) is 1. The fourth-order valence-corrected chi connectivity index (χ4v) is 9.22. The summed E-state index contributed by atoms with van der Waals surface area (Å²) in [6.07, 6.45) is 5.52. The lowest BCUT2D eigenvalue weighted by Crippen LogP contribution is -2.40.